The van der Waals surface area contributed by atoms with Crippen LogP contribution in [0.1, 0.15) is 10.4 Å². The number of nitrogen functional groups attached to an aromatic ring is 1. The fourth-order valence-electron chi connectivity index (χ4n) is 1.92. The molecule has 0 unspecified atom stereocenters. The Kier molecular flexibility index (Phi) is 3.10. The maximum absolute atomic E-state index is 11.1. The maximum Gasteiger partial charge on any atom is 0.150 e. The second kappa shape index (κ2) is 4.70. The van der Waals surface area contributed by atoms with Crippen molar-refractivity contribution in [3.8, 4) is 11.1 Å². The molecule has 0 aliphatic carbocycles. The molecule has 86 valence electrons. The van der Waals surface area contributed by atoms with E-state index in [1.165, 1.54) is 0 Å². The van der Waals surface area contributed by atoms with Crippen LogP contribution in [-0.2, 0) is 0 Å². The fourth-order valence-corrected chi connectivity index (χ4v) is 1.92. The average Bonchev–Trinajstić information content (AvgIpc) is 2.39. The molecule has 0 fully saturated rings. The van der Waals surface area contributed by atoms with Gasteiger partial charge in [-0.3, -0.25) is 4.79 Å². The Morgan fingerprint density at radius 3 is 2.41 bits per heavy atom. The van der Waals surface area contributed by atoms with E-state index in [0.717, 1.165) is 23.1 Å². The molecule has 2 aromatic rings. The summed E-state index contributed by atoms with van der Waals surface area (Å²) in [6.07, 6.45) is 0.850. The number of rotatable bonds is 3. The Morgan fingerprint density at radius 2 is 1.82 bits per heavy atom. The summed E-state index contributed by atoms with van der Waals surface area (Å²) in [5, 5.41) is 3.05. The lowest BCUT2D eigenvalue weighted by atomic mass is 9.97. The van der Waals surface area contributed by atoms with E-state index in [1.54, 1.807) is 19.2 Å². The summed E-state index contributed by atoms with van der Waals surface area (Å²) in [5.74, 6) is 0. The van der Waals surface area contributed by atoms with Crippen LogP contribution in [0.15, 0.2) is 42.5 Å². The van der Waals surface area contributed by atoms with Crippen LogP contribution < -0.4 is 11.1 Å². The Balaban J connectivity index is 2.73. The van der Waals surface area contributed by atoms with Gasteiger partial charge in [0.1, 0.15) is 0 Å². The molecule has 3 nitrogen and oxygen atoms in total. The molecular formula is C14H14N2O. The van der Waals surface area contributed by atoms with Crippen LogP contribution in [0.2, 0.25) is 0 Å². The summed E-state index contributed by atoms with van der Waals surface area (Å²) in [7, 11) is 1.80. The van der Waals surface area contributed by atoms with Crippen LogP contribution in [0.4, 0.5) is 11.4 Å². The Labute approximate surface area is 100 Å². The van der Waals surface area contributed by atoms with Crippen LogP contribution in [-0.4, -0.2) is 13.3 Å². The predicted molar refractivity (Wildman–Crippen MR) is 71.2 cm³/mol. The lowest BCUT2D eigenvalue weighted by Gasteiger charge is -2.14. The molecule has 0 heterocycles. The summed E-state index contributed by atoms with van der Waals surface area (Å²) in [5.41, 5.74) is 9.80. The first-order valence-electron chi connectivity index (χ1n) is 5.38. The van der Waals surface area contributed by atoms with Crippen molar-refractivity contribution in [1.82, 2.24) is 0 Å². The Morgan fingerprint density at radius 1 is 1.12 bits per heavy atom. The topological polar surface area (TPSA) is 55.1 Å². The minimum absolute atomic E-state index is 0.634. The highest BCUT2D eigenvalue weighted by Gasteiger charge is 2.11. The van der Waals surface area contributed by atoms with Crippen LogP contribution in [0.25, 0.3) is 11.1 Å². The second-order valence-electron chi connectivity index (χ2n) is 3.73. The molecule has 3 heteroatoms. The van der Waals surface area contributed by atoms with E-state index in [2.05, 4.69) is 5.32 Å². The molecule has 17 heavy (non-hydrogen) atoms. The monoisotopic (exact) mass is 226 g/mol. The number of anilines is 2. The largest absolute Gasteiger partial charge is 0.397 e. The molecule has 3 N–H and O–H groups in total. The third kappa shape index (κ3) is 1.99. The summed E-state index contributed by atoms with van der Waals surface area (Å²) in [6, 6.07) is 13.2. The van der Waals surface area contributed by atoms with Gasteiger partial charge in [0.25, 0.3) is 0 Å². The maximum atomic E-state index is 11.1. The number of benzene rings is 2. The fraction of sp³-hybridized carbons (Fsp3) is 0.0714. The smallest absolute Gasteiger partial charge is 0.150 e. The summed E-state index contributed by atoms with van der Waals surface area (Å²) in [4.78, 5) is 11.1. The van der Waals surface area contributed by atoms with Gasteiger partial charge in [-0.1, -0.05) is 30.3 Å². The van der Waals surface area contributed by atoms with Crippen molar-refractivity contribution < 1.29 is 4.79 Å². The van der Waals surface area contributed by atoms with Crippen molar-refractivity contribution >= 4 is 17.7 Å². The van der Waals surface area contributed by atoms with Gasteiger partial charge in [0.05, 0.1) is 11.4 Å². The van der Waals surface area contributed by atoms with E-state index in [-0.39, 0.29) is 0 Å². The van der Waals surface area contributed by atoms with Crippen LogP contribution >= 0.6 is 0 Å². The van der Waals surface area contributed by atoms with Gasteiger partial charge in [-0.2, -0.15) is 0 Å². The van der Waals surface area contributed by atoms with Crippen molar-refractivity contribution in [2.75, 3.05) is 18.1 Å². The van der Waals surface area contributed by atoms with Crippen molar-refractivity contribution in [1.29, 1.82) is 0 Å². The van der Waals surface area contributed by atoms with Crippen LogP contribution in [0, 0.1) is 0 Å². The Bertz CT molecular complexity index is 535. The lowest BCUT2D eigenvalue weighted by molar-refractivity contribution is 0.112. The molecule has 0 aliphatic heterocycles. The van der Waals surface area contributed by atoms with Gasteiger partial charge in [0.2, 0.25) is 0 Å². The van der Waals surface area contributed by atoms with E-state index in [9.17, 15) is 4.79 Å². The first-order chi connectivity index (χ1) is 8.27. The third-order valence-corrected chi connectivity index (χ3v) is 2.71. The van der Waals surface area contributed by atoms with Gasteiger partial charge < -0.3 is 11.1 Å². The molecule has 2 aromatic carbocycles. The number of carbonyl (C=O) groups excluding carboxylic acids is 1. The highest BCUT2D eigenvalue weighted by atomic mass is 16.1. The predicted octanol–water partition coefficient (Wildman–Crippen LogP) is 2.79. The minimum atomic E-state index is 0.634. The molecule has 0 amide bonds. The molecule has 2 rings (SSSR count). The molecule has 0 aliphatic rings. The SMILES string of the molecule is CNc1c(N)ccc(C=O)c1-c1ccccc1. The van der Waals surface area contributed by atoms with E-state index in [1.807, 2.05) is 30.3 Å². The summed E-state index contributed by atoms with van der Waals surface area (Å²) < 4.78 is 0. The average molecular weight is 226 g/mol. The number of hydrogen-bond donors (Lipinski definition) is 2. The van der Waals surface area contributed by atoms with Gasteiger partial charge in [-0.05, 0) is 17.7 Å². The first-order valence-corrected chi connectivity index (χ1v) is 5.38. The van der Waals surface area contributed by atoms with Gasteiger partial charge in [-0.15, -0.1) is 0 Å². The molecule has 0 atom stereocenters. The number of hydrogen-bond acceptors (Lipinski definition) is 3. The van der Waals surface area contributed by atoms with Crippen molar-refractivity contribution in [2.24, 2.45) is 0 Å². The van der Waals surface area contributed by atoms with Gasteiger partial charge in [0, 0.05) is 18.2 Å². The van der Waals surface area contributed by atoms with Gasteiger partial charge in [-0.25, -0.2) is 0 Å². The molecule has 0 radical (unpaired) electrons. The van der Waals surface area contributed by atoms with Crippen molar-refractivity contribution in [3.63, 3.8) is 0 Å². The first kappa shape index (κ1) is 11.2. The molecule has 0 saturated heterocycles. The lowest BCUT2D eigenvalue weighted by Crippen LogP contribution is -2.01. The second-order valence-corrected chi connectivity index (χ2v) is 3.73. The normalized spacial score (nSPS) is 9.94. The molecule has 0 saturated carbocycles. The van der Waals surface area contributed by atoms with Gasteiger partial charge in [0.15, 0.2) is 6.29 Å². The summed E-state index contributed by atoms with van der Waals surface area (Å²) >= 11 is 0. The van der Waals surface area contributed by atoms with Gasteiger partial charge >= 0.3 is 0 Å². The van der Waals surface area contributed by atoms with E-state index < -0.39 is 0 Å². The highest BCUT2D eigenvalue weighted by Crippen LogP contribution is 2.34. The van der Waals surface area contributed by atoms with E-state index in [4.69, 9.17) is 5.73 Å². The standard InChI is InChI=1S/C14H14N2O/c1-16-14-12(15)8-7-11(9-17)13(14)10-5-3-2-4-6-10/h2-9,16H,15H2,1H3. The molecule has 0 spiro atoms. The number of carbonyl (C=O) groups is 1. The number of aldehydes is 1. The van der Waals surface area contributed by atoms with Crippen molar-refractivity contribution in [2.45, 2.75) is 0 Å². The number of nitrogens with two attached hydrogens (primary N) is 1. The zero-order valence-electron chi connectivity index (χ0n) is 9.60. The number of nitrogens with one attached hydrogen (secondary N) is 1. The third-order valence-electron chi connectivity index (χ3n) is 2.71. The quantitative estimate of drug-likeness (QED) is 0.625. The van der Waals surface area contributed by atoms with E-state index >= 15 is 0 Å². The molecular weight excluding hydrogens is 212 g/mol. The minimum Gasteiger partial charge on any atom is -0.397 e. The zero-order valence-corrected chi connectivity index (χ0v) is 9.60. The zero-order chi connectivity index (χ0) is 12.3. The summed E-state index contributed by atoms with van der Waals surface area (Å²) in [6.45, 7) is 0. The van der Waals surface area contributed by atoms with Crippen molar-refractivity contribution in [3.05, 3.63) is 48.0 Å². The molecule has 0 bridgehead atoms. The highest BCUT2D eigenvalue weighted by molar-refractivity contribution is 5.97. The van der Waals surface area contributed by atoms with Crippen LogP contribution in [0.3, 0.4) is 0 Å². The Hall–Kier alpha value is -2.29. The van der Waals surface area contributed by atoms with Crippen LogP contribution in [0.5, 0.6) is 0 Å². The molecule has 0 aromatic heterocycles. The van der Waals surface area contributed by atoms with E-state index in [0.29, 0.717) is 11.3 Å².